The number of benzene rings is 2. The van der Waals surface area contributed by atoms with Crippen molar-refractivity contribution in [3.8, 4) is 0 Å². The van der Waals surface area contributed by atoms with Crippen LogP contribution in [0.25, 0.3) is 11.0 Å². The van der Waals surface area contributed by atoms with E-state index in [0.717, 1.165) is 23.4 Å². The fourth-order valence-corrected chi connectivity index (χ4v) is 2.96. The molecule has 0 saturated heterocycles. The summed E-state index contributed by atoms with van der Waals surface area (Å²) in [5.41, 5.74) is 4.13. The zero-order valence-electron chi connectivity index (χ0n) is 11.1. The molecule has 1 unspecified atom stereocenters. The van der Waals surface area contributed by atoms with Gasteiger partial charge in [0.05, 0.1) is 17.1 Å². The number of hydrogen-bond donors (Lipinski definition) is 1. The summed E-state index contributed by atoms with van der Waals surface area (Å²) in [7, 11) is 1.98. The summed E-state index contributed by atoms with van der Waals surface area (Å²) in [6.45, 7) is 0. The maximum Gasteiger partial charge on any atom is 0.132 e. The van der Waals surface area contributed by atoms with Crippen LogP contribution in [0.1, 0.15) is 17.4 Å². The van der Waals surface area contributed by atoms with Gasteiger partial charge in [0, 0.05) is 25.2 Å². The summed E-state index contributed by atoms with van der Waals surface area (Å²) in [6.07, 6.45) is 0.913. The molecule has 2 heterocycles. The van der Waals surface area contributed by atoms with Crippen LogP contribution in [0.15, 0.2) is 42.5 Å². The number of aryl methyl sites for hydroxylation is 1. The molecule has 3 aromatic rings. The van der Waals surface area contributed by atoms with E-state index in [4.69, 9.17) is 0 Å². The fourth-order valence-electron chi connectivity index (χ4n) is 2.96. The molecule has 0 bridgehead atoms. The summed E-state index contributed by atoms with van der Waals surface area (Å²) in [4.78, 5) is 4.60. The van der Waals surface area contributed by atoms with Gasteiger partial charge in [0.2, 0.25) is 0 Å². The lowest BCUT2D eigenvalue weighted by Crippen LogP contribution is -2.11. The van der Waals surface area contributed by atoms with Crippen molar-refractivity contribution in [1.82, 2.24) is 9.55 Å². The Hall–Kier alpha value is -2.36. The van der Waals surface area contributed by atoms with Gasteiger partial charge in [0.15, 0.2) is 0 Å². The second-order valence-corrected chi connectivity index (χ2v) is 5.22. The first-order chi connectivity index (χ1) is 9.72. The Morgan fingerprint density at radius 1 is 1.25 bits per heavy atom. The molecule has 100 valence electrons. The van der Waals surface area contributed by atoms with Gasteiger partial charge in [0.1, 0.15) is 11.6 Å². The third kappa shape index (κ3) is 1.61. The largest absolute Gasteiger partial charge is 0.375 e. The topological polar surface area (TPSA) is 29.9 Å². The van der Waals surface area contributed by atoms with Gasteiger partial charge >= 0.3 is 0 Å². The first-order valence-electron chi connectivity index (χ1n) is 6.69. The molecule has 1 aromatic heterocycles. The molecule has 1 atom stereocenters. The minimum absolute atomic E-state index is 0.146. The smallest absolute Gasteiger partial charge is 0.132 e. The highest BCUT2D eigenvalue weighted by Crippen LogP contribution is 2.34. The molecular formula is C16H14FN3. The lowest BCUT2D eigenvalue weighted by Gasteiger charge is -2.11. The minimum Gasteiger partial charge on any atom is -0.375 e. The normalized spacial score (nSPS) is 17.2. The van der Waals surface area contributed by atoms with Gasteiger partial charge in [0.25, 0.3) is 0 Å². The van der Waals surface area contributed by atoms with E-state index in [1.165, 1.54) is 17.7 Å². The van der Waals surface area contributed by atoms with Crippen molar-refractivity contribution in [2.24, 2.45) is 7.05 Å². The number of aromatic nitrogens is 2. The monoisotopic (exact) mass is 267 g/mol. The number of para-hydroxylation sites is 1. The van der Waals surface area contributed by atoms with E-state index in [2.05, 4.69) is 22.4 Å². The van der Waals surface area contributed by atoms with Crippen molar-refractivity contribution in [3.63, 3.8) is 0 Å². The second kappa shape index (κ2) is 4.07. The van der Waals surface area contributed by atoms with E-state index in [1.807, 2.05) is 23.7 Å². The number of nitrogens with zero attached hydrogens (tertiary/aromatic N) is 2. The number of fused-ring (bicyclic) bond motifs is 2. The van der Waals surface area contributed by atoms with Gasteiger partial charge < -0.3 is 9.88 Å². The lowest BCUT2D eigenvalue weighted by atomic mass is 10.1. The highest BCUT2D eigenvalue weighted by molar-refractivity contribution is 5.76. The predicted molar refractivity (Wildman–Crippen MR) is 77.2 cm³/mol. The number of anilines is 1. The molecule has 0 saturated carbocycles. The van der Waals surface area contributed by atoms with E-state index in [-0.39, 0.29) is 11.9 Å². The molecule has 1 aliphatic heterocycles. The second-order valence-electron chi connectivity index (χ2n) is 5.22. The average Bonchev–Trinajstić information content (AvgIpc) is 3.00. The molecule has 2 aromatic carbocycles. The van der Waals surface area contributed by atoms with Crippen molar-refractivity contribution in [3.05, 3.63) is 59.7 Å². The number of nitrogens with one attached hydrogen (secondary N) is 1. The van der Waals surface area contributed by atoms with Crippen LogP contribution in [0.5, 0.6) is 0 Å². The maximum absolute atomic E-state index is 13.3. The quantitative estimate of drug-likeness (QED) is 0.732. The maximum atomic E-state index is 13.3. The van der Waals surface area contributed by atoms with Crippen molar-refractivity contribution in [2.75, 3.05) is 5.32 Å². The van der Waals surface area contributed by atoms with Crippen LogP contribution in [-0.4, -0.2) is 9.55 Å². The van der Waals surface area contributed by atoms with Gasteiger partial charge in [-0.2, -0.15) is 0 Å². The zero-order valence-corrected chi connectivity index (χ0v) is 11.1. The van der Waals surface area contributed by atoms with Crippen molar-refractivity contribution in [1.29, 1.82) is 0 Å². The molecule has 0 radical (unpaired) electrons. The van der Waals surface area contributed by atoms with Crippen LogP contribution in [0, 0.1) is 5.82 Å². The van der Waals surface area contributed by atoms with Gasteiger partial charge in [-0.15, -0.1) is 0 Å². The van der Waals surface area contributed by atoms with Crippen molar-refractivity contribution in [2.45, 2.75) is 12.5 Å². The molecular weight excluding hydrogens is 253 g/mol. The molecule has 4 rings (SSSR count). The first kappa shape index (κ1) is 11.5. The molecule has 20 heavy (non-hydrogen) atoms. The average molecular weight is 267 g/mol. The third-order valence-electron chi connectivity index (χ3n) is 3.96. The SMILES string of the molecule is Cn1c(C2Cc3ccccc3N2)nc2cc(F)ccc21. The summed E-state index contributed by atoms with van der Waals surface area (Å²) >= 11 is 0. The minimum atomic E-state index is -0.246. The number of imidazole rings is 1. The highest BCUT2D eigenvalue weighted by atomic mass is 19.1. The van der Waals surface area contributed by atoms with Crippen LogP contribution in [0.2, 0.25) is 0 Å². The van der Waals surface area contributed by atoms with Crippen LogP contribution in [0.3, 0.4) is 0 Å². The Labute approximate surface area is 116 Å². The van der Waals surface area contributed by atoms with Crippen molar-refractivity contribution < 1.29 is 4.39 Å². The molecule has 0 aliphatic carbocycles. The fraction of sp³-hybridized carbons (Fsp3) is 0.188. The molecule has 0 fully saturated rings. The predicted octanol–water partition coefficient (Wildman–Crippen LogP) is 3.42. The van der Waals surface area contributed by atoms with Gasteiger partial charge in [-0.05, 0) is 23.8 Å². The molecule has 3 nitrogen and oxygen atoms in total. The Morgan fingerprint density at radius 2 is 2.10 bits per heavy atom. The van der Waals surface area contributed by atoms with E-state index in [0.29, 0.717) is 5.52 Å². The first-order valence-corrected chi connectivity index (χ1v) is 6.69. The standard InChI is InChI=1S/C16H14FN3/c1-20-15-7-6-11(17)9-13(15)19-16(20)14-8-10-4-2-3-5-12(10)18-14/h2-7,9,14,18H,8H2,1H3. The Kier molecular flexibility index (Phi) is 2.33. The highest BCUT2D eigenvalue weighted by Gasteiger charge is 2.25. The summed E-state index contributed by atoms with van der Waals surface area (Å²) < 4.78 is 15.3. The number of halogens is 1. The molecule has 0 spiro atoms. The van der Waals surface area contributed by atoms with E-state index >= 15 is 0 Å². The third-order valence-corrected chi connectivity index (χ3v) is 3.96. The Balaban J connectivity index is 1.79. The molecule has 4 heteroatoms. The van der Waals surface area contributed by atoms with Crippen LogP contribution < -0.4 is 5.32 Å². The number of rotatable bonds is 1. The van der Waals surface area contributed by atoms with E-state index < -0.39 is 0 Å². The molecule has 1 aliphatic rings. The summed E-state index contributed by atoms with van der Waals surface area (Å²) in [6, 6.07) is 13.2. The van der Waals surface area contributed by atoms with Gasteiger partial charge in [-0.25, -0.2) is 9.37 Å². The van der Waals surface area contributed by atoms with Crippen LogP contribution >= 0.6 is 0 Å². The van der Waals surface area contributed by atoms with Crippen molar-refractivity contribution >= 4 is 16.7 Å². The summed E-state index contributed by atoms with van der Waals surface area (Å²) in [5.74, 6) is 0.701. The van der Waals surface area contributed by atoms with Gasteiger partial charge in [-0.1, -0.05) is 18.2 Å². The molecule has 0 amide bonds. The zero-order chi connectivity index (χ0) is 13.7. The van der Waals surface area contributed by atoms with E-state index in [1.54, 1.807) is 6.07 Å². The van der Waals surface area contributed by atoms with Gasteiger partial charge in [-0.3, -0.25) is 0 Å². The summed E-state index contributed by atoms with van der Waals surface area (Å²) in [5, 5.41) is 3.49. The van der Waals surface area contributed by atoms with Crippen LogP contribution in [-0.2, 0) is 13.5 Å². The molecule has 1 N–H and O–H groups in total. The van der Waals surface area contributed by atoms with E-state index in [9.17, 15) is 4.39 Å². The lowest BCUT2D eigenvalue weighted by molar-refractivity contribution is 0.629. The Morgan fingerprint density at radius 3 is 2.95 bits per heavy atom. The Bertz CT molecular complexity index is 782. The number of hydrogen-bond acceptors (Lipinski definition) is 2. The van der Waals surface area contributed by atoms with Crippen LogP contribution in [0.4, 0.5) is 10.1 Å².